The molecular weight excluding hydrogens is 354 g/mol. The SMILES string of the molecule is Cc1nn(C)cc1-c1cc(C(=O)NCc2ccccc2CN2CCCC2)no1. The van der Waals surface area contributed by atoms with Gasteiger partial charge in [-0.1, -0.05) is 29.4 Å². The molecule has 0 radical (unpaired) electrons. The maximum atomic E-state index is 12.5. The fourth-order valence-electron chi connectivity index (χ4n) is 3.68. The quantitative estimate of drug-likeness (QED) is 0.713. The van der Waals surface area contributed by atoms with E-state index in [1.807, 2.05) is 26.2 Å². The van der Waals surface area contributed by atoms with Crippen molar-refractivity contribution in [1.29, 1.82) is 0 Å². The number of carbonyl (C=O) groups is 1. The number of hydrogen-bond acceptors (Lipinski definition) is 5. The average molecular weight is 379 g/mol. The summed E-state index contributed by atoms with van der Waals surface area (Å²) in [5, 5.41) is 11.2. The van der Waals surface area contributed by atoms with Crippen LogP contribution in [0.1, 0.15) is 40.2 Å². The van der Waals surface area contributed by atoms with Crippen molar-refractivity contribution in [3.05, 3.63) is 59.0 Å². The van der Waals surface area contributed by atoms with Gasteiger partial charge >= 0.3 is 0 Å². The van der Waals surface area contributed by atoms with Gasteiger partial charge in [0.2, 0.25) is 0 Å². The standard InChI is InChI=1S/C21H25N5O2/c1-15-18(14-25(2)23-15)20-11-19(24-28-20)21(27)22-12-16-7-3-4-8-17(16)13-26-9-5-6-10-26/h3-4,7-8,11,14H,5-6,9-10,12-13H2,1-2H3,(H,22,27). The molecule has 0 bridgehead atoms. The molecule has 1 aliphatic heterocycles. The summed E-state index contributed by atoms with van der Waals surface area (Å²) in [7, 11) is 1.85. The minimum Gasteiger partial charge on any atom is -0.355 e. The van der Waals surface area contributed by atoms with Crippen LogP contribution in [0.2, 0.25) is 0 Å². The van der Waals surface area contributed by atoms with Crippen molar-refractivity contribution in [2.75, 3.05) is 13.1 Å². The van der Waals surface area contributed by atoms with Crippen molar-refractivity contribution < 1.29 is 9.32 Å². The van der Waals surface area contributed by atoms with Crippen LogP contribution in [0.15, 0.2) is 41.1 Å². The van der Waals surface area contributed by atoms with Gasteiger partial charge in [-0.05, 0) is 44.0 Å². The van der Waals surface area contributed by atoms with Crippen molar-refractivity contribution in [3.8, 4) is 11.3 Å². The molecule has 1 aliphatic rings. The lowest BCUT2D eigenvalue weighted by atomic mass is 10.1. The average Bonchev–Trinajstić information content (AvgIpc) is 3.42. The Kier molecular flexibility index (Phi) is 5.25. The third-order valence-corrected chi connectivity index (χ3v) is 5.17. The molecule has 1 N–H and O–H groups in total. The van der Waals surface area contributed by atoms with Gasteiger partial charge in [0, 0.05) is 32.4 Å². The molecule has 2 aromatic heterocycles. The Hall–Kier alpha value is -2.93. The van der Waals surface area contributed by atoms with Gasteiger partial charge in [0.1, 0.15) is 0 Å². The van der Waals surface area contributed by atoms with Crippen molar-refractivity contribution in [3.63, 3.8) is 0 Å². The summed E-state index contributed by atoms with van der Waals surface area (Å²) >= 11 is 0. The van der Waals surface area contributed by atoms with Crippen LogP contribution in [0.3, 0.4) is 0 Å². The molecule has 1 saturated heterocycles. The first-order valence-electron chi connectivity index (χ1n) is 9.65. The van der Waals surface area contributed by atoms with E-state index in [0.717, 1.165) is 36.5 Å². The highest BCUT2D eigenvalue weighted by Gasteiger charge is 2.17. The largest absolute Gasteiger partial charge is 0.355 e. The minimum absolute atomic E-state index is 0.243. The second-order valence-electron chi connectivity index (χ2n) is 7.31. The Labute approximate surface area is 164 Å². The first kappa shape index (κ1) is 18.4. The lowest BCUT2D eigenvalue weighted by Gasteiger charge is -2.17. The first-order chi connectivity index (χ1) is 13.6. The predicted octanol–water partition coefficient (Wildman–Crippen LogP) is 2.91. The lowest BCUT2D eigenvalue weighted by Crippen LogP contribution is -2.25. The van der Waals surface area contributed by atoms with Crippen molar-refractivity contribution >= 4 is 5.91 Å². The zero-order valence-electron chi connectivity index (χ0n) is 16.3. The van der Waals surface area contributed by atoms with Crippen LogP contribution < -0.4 is 5.32 Å². The molecule has 0 atom stereocenters. The van der Waals surface area contributed by atoms with E-state index in [0.29, 0.717) is 12.3 Å². The smallest absolute Gasteiger partial charge is 0.273 e. The molecule has 0 saturated carbocycles. The van der Waals surface area contributed by atoms with E-state index in [9.17, 15) is 4.79 Å². The number of aromatic nitrogens is 3. The maximum absolute atomic E-state index is 12.5. The van der Waals surface area contributed by atoms with Gasteiger partial charge in [0.05, 0.1) is 11.3 Å². The number of rotatable bonds is 6. The fourth-order valence-corrected chi connectivity index (χ4v) is 3.68. The highest BCUT2D eigenvalue weighted by molar-refractivity contribution is 5.93. The van der Waals surface area contributed by atoms with Gasteiger partial charge < -0.3 is 9.84 Å². The van der Waals surface area contributed by atoms with E-state index in [4.69, 9.17) is 4.52 Å². The molecule has 3 aromatic rings. The van der Waals surface area contributed by atoms with Crippen molar-refractivity contribution in [2.45, 2.75) is 32.9 Å². The third-order valence-electron chi connectivity index (χ3n) is 5.17. The van der Waals surface area contributed by atoms with Gasteiger partial charge in [-0.3, -0.25) is 14.4 Å². The Morgan fingerprint density at radius 2 is 1.96 bits per heavy atom. The minimum atomic E-state index is -0.243. The number of hydrogen-bond donors (Lipinski definition) is 1. The normalized spacial score (nSPS) is 14.5. The number of amides is 1. The highest BCUT2D eigenvalue weighted by atomic mass is 16.5. The van der Waals surface area contributed by atoms with E-state index in [1.54, 1.807) is 10.7 Å². The summed E-state index contributed by atoms with van der Waals surface area (Å²) < 4.78 is 7.07. The Morgan fingerprint density at radius 1 is 1.21 bits per heavy atom. The van der Waals surface area contributed by atoms with Crippen LogP contribution in [0, 0.1) is 6.92 Å². The Bertz CT molecular complexity index is 969. The third kappa shape index (κ3) is 3.99. The second kappa shape index (κ2) is 7.98. The van der Waals surface area contributed by atoms with Crippen molar-refractivity contribution in [2.24, 2.45) is 7.05 Å². The highest BCUT2D eigenvalue weighted by Crippen LogP contribution is 2.23. The van der Waals surface area contributed by atoms with E-state index >= 15 is 0 Å². The molecule has 146 valence electrons. The molecule has 3 heterocycles. The van der Waals surface area contributed by atoms with E-state index in [1.165, 1.54) is 18.4 Å². The van der Waals surface area contributed by atoms with Crippen LogP contribution in [-0.4, -0.2) is 38.8 Å². The number of likely N-dealkylation sites (tertiary alicyclic amines) is 1. The zero-order valence-corrected chi connectivity index (χ0v) is 16.3. The van der Waals surface area contributed by atoms with Gasteiger partial charge in [-0.25, -0.2) is 0 Å². The number of nitrogens with zero attached hydrogens (tertiary/aromatic N) is 4. The molecule has 1 aromatic carbocycles. The predicted molar refractivity (Wildman–Crippen MR) is 106 cm³/mol. The summed E-state index contributed by atoms with van der Waals surface area (Å²) in [6.07, 6.45) is 4.39. The summed E-state index contributed by atoms with van der Waals surface area (Å²) in [6, 6.07) is 9.93. The molecule has 0 aliphatic carbocycles. The number of aryl methyl sites for hydroxylation is 2. The molecular formula is C21H25N5O2. The molecule has 1 fully saturated rings. The second-order valence-corrected chi connectivity index (χ2v) is 7.31. The summed E-state index contributed by atoms with van der Waals surface area (Å²) in [5.74, 6) is 0.303. The van der Waals surface area contributed by atoms with E-state index in [2.05, 4.69) is 38.7 Å². The van der Waals surface area contributed by atoms with Crippen LogP contribution in [0.5, 0.6) is 0 Å². The van der Waals surface area contributed by atoms with Gasteiger partial charge in [0.15, 0.2) is 11.5 Å². The Balaban J connectivity index is 1.42. The number of nitrogens with one attached hydrogen (secondary N) is 1. The zero-order chi connectivity index (χ0) is 19.5. The summed E-state index contributed by atoms with van der Waals surface area (Å²) in [5.41, 5.74) is 4.34. The lowest BCUT2D eigenvalue weighted by molar-refractivity contribution is 0.0942. The molecule has 7 heteroatoms. The Morgan fingerprint density at radius 3 is 2.68 bits per heavy atom. The van der Waals surface area contributed by atoms with Gasteiger partial charge in [-0.15, -0.1) is 0 Å². The van der Waals surface area contributed by atoms with Gasteiger partial charge in [-0.2, -0.15) is 5.10 Å². The molecule has 28 heavy (non-hydrogen) atoms. The molecule has 7 nitrogen and oxygen atoms in total. The molecule has 0 spiro atoms. The van der Waals surface area contributed by atoms with Crippen molar-refractivity contribution in [1.82, 2.24) is 25.2 Å². The van der Waals surface area contributed by atoms with E-state index in [-0.39, 0.29) is 11.6 Å². The number of carbonyl (C=O) groups excluding carboxylic acids is 1. The number of benzene rings is 1. The summed E-state index contributed by atoms with van der Waals surface area (Å²) in [4.78, 5) is 15.0. The first-order valence-corrected chi connectivity index (χ1v) is 9.65. The fraction of sp³-hybridized carbons (Fsp3) is 0.381. The van der Waals surface area contributed by atoms with E-state index < -0.39 is 0 Å². The molecule has 0 unspecified atom stereocenters. The monoisotopic (exact) mass is 379 g/mol. The van der Waals surface area contributed by atoms with Crippen LogP contribution in [0.4, 0.5) is 0 Å². The maximum Gasteiger partial charge on any atom is 0.273 e. The molecule has 1 amide bonds. The van der Waals surface area contributed by atoms with Gasteiger partial charge in [0.25, 0.3) is 5.91 Å². The van der Waals surface area contributed by atoms with Crippen LogP contribution >= 0.6 is 0 Å². The van der Waals surface area contributed by atoms with Crippen LogP contribution in [-0.2, 0) is 20.1 Å². The summed E-state index contributed by atoms with van der Waals surface area (Å²) in [6.45, 7) is 5.60. The molecule has 4 rings (SSSR count). The topological polar surface area (TPSA) is 76.2 Å². The van der Waals surface area contributed by atoms with Crippen LogP contribution in [0.25, 0.3) is 11.3 Å².